The molecule has 2 aliphatic heterocycles. The lowest BCUT2D eigenvalue weighted by atomic mass is 10.0. The van der Waals surface area contributed by atoms with E-state index in [1.54, 1.807) is 36.4 Å². The summed E-state index contributed by atoms with van der Waals surface area (Å²) in [5, 5.41) is 47.1. The summed E-state index contributed by atoms with van der Waals surface area (Å²) in [6.07, 6.45) is 0. The summed E-state index contributed by atoms with van der Waals surface area (Å²) in [5.41, 5.74) is -3.70. The van der Waals surface area contributed by atoms with Gasteiger partial charge in [0.25, 0.3) is 34.6 Å². The van der Waals surface area contributed by atoms with E-state index >= 15 is 0 Å². The minimum atomic E-state index is -0.926. The van der Waals surface area contributed by atoms with Gasteiger partial charge >= 0.3 is 0 Å². The molecule has 16 nitrogen and oxygen atoms in total. The first-order valence-corrected chi connectivity index (χ1v) is 13.2. The lowest BCUT2D eigenvalue weighted by Crippen LogP contribution is -2.30. The smallest absolute Gasteiger partial charge is 0.269 e. The van der Waals surface area contributed by atoms with Crippen LogP contribution in [0, 0.1) is 40.5 Å². The number of nitro benzene ring substituents is 4. The number of amides is 2. The van der Waals surface area contributed by atoms with Crippen molar-refractivity contribution in [2.45, 2.75) is 0 Å². The van der Waals surface area contributed by atoms with E-state index in [0.717, 1.165) is 34.1 Å². The number of nitrogens with zero attached hydrogens (tertiary/aromatic N) is 6. The number of anilines is 2. The second-order valence-electron chi connectivity index (χ2n) is 9.83. The SMILES string of the molecule is O=C1C2=C(c3ccccc3)N(c3ccc([N+](=O)[O-])cc3[N+](=O)[O-])C(=O)C2=C(c2ccccc2)N1c1ccc([N+](=O)[O-])cc1[N+](=O)[O-]. The summed E-state index contributed by atoms with van der Waals surface area (Å²) >= 11 is 0. The molecule has 46 heavy (non-hydrogen) atoms. The highest BCUT2D eigenvalue weighted by molar-refractivity contribution is 6.41. The van der Waals surface area contributed by atoms with Gasteiger partial charge in [-0.05, 0) is 23.3 Å². The quantitative estimate of drug-likeness (QED) is 0.177. The van der Waals surface area contributed by atoms with E-state index in [1.807, 2.05) is 0 Å². The van der Waals surface area contributed by atoms with Gasteiger partial charge in [-0.25, -0.2) is 0 Å². The average molecular weight is 620 g/mol. The van der Waals surface area contributed by atoms with E-state index in [4.69, 9.17) is 0 Å². The first kappa shape index (κ1) is 29.0. The van der Waals surface area contributed by atoms with Gasteiger partial charge in [0, 0.05) is 12.1 Å². The molecule has 0 atom stereocenters. The van der Waals surface area contributed by atoms with Crippen LogP contribution in [0.5, 0.6) is 0 Å². The van der Waals surface area contributed by atoms with Gasteiger partial charge in [-0.2, -0.15) is 0 Å². The molecule has 0 radical (unpaired) electrons. The molecule has 0 aromatic heterocycles. The van der Waals surface area contributed by atoms with Gasteiger partial charge in [0.1, 0.15) is 11.4 Å². The van der Waals surface area contributed by atoms with Crippen molar-refractivity contribution in [1.82, 2.24) is 0 Å². The Labute approximate surface area is 256 Å². The predicted molar refractivity (Wildman–Crippen MR) is 161 cm³/mol. The number of carbonyl (C=O) groups is 2. The Balaban J connectivity index is 1.70. The van der Waals surface area contributed by atoms with Gasteiger partial charge < -0.3 is 0 Å². The van der Waals surface area contributed by atoms with Crippen molar-refractivity contribution in [3.63, 3.8) is 0 Å². The highest BCUT2D eigenvalue weighted by atomic mass is 16.6. The van der Waals surface area contributed by atoms with Crippen molar-refractivity contribution in [3.05, 3.63) is 160 Å². The van der Waals surface area contributed by atoms with Gasteiger partial charge in [0.2, 0.25) is 0 Å². The average Bonchev–Trinajstić information content (AvgIpc) is 3.52. The summed E-state index contributed by atoms with van der Waals surface area (Å²) in [6, 6.07) is 21.2. The molecule has 16 heteroatoms. The van der Waals surface area contributed by atoms with Crippen LogP contribution in [0.3, 0.4) is 0 Å². The maximum atomic E-state index is 14.5. The van der Waals surface area contributed by atoms with Crippen LogP contribution in [0.25, 0.3) is 11.4 Å². The summed E-state index contributed by atoms with van der Waals surface area (Å²) in [5.74, 6) is -1.85. The zero-order valence-corrected chi connectivity index (χ0v) is 23.0. The third-order valence-corrected chi connectivity index (χ3v) is 7.31. The lowest BCUT2D eigenvalue weighted by Gasteiger charge is -2.25. The lowest BCUT2D eigenvalue weighted by molar-refractivity contribution is -0.393. The van der Waals surface area contributed by atoms with Crippen molar-refractivity contribution < 1.29 is 29.3 Å². The predicted octanol–water partition coefficient (Wildman–Crippen LogP) is 5.54. The minimum absolute atomic E-state index is 0.108. The number of hydrogen-bond donors (Lipinski definition) is 0. The van der Waals surface area contributed by atoms with E-state index in [9.17, 15) is 50.0 Å². The van der Waals surface area contributed by atoms with Gasteiger partial charge in [-0.3, -0.25) is 59.8 Å². The molecular formula is C30H16N6O10. The summed E-state index contributed by atoms with van der Waals surface area (Å²) in [7, 11) is 0. The standard InChI is InChI=1S/C30H16N6O10/c37-29-25-26(28(18-9-5-2-6-10-18)32(29)22-14-12-20(34(41)42)16-24(22)36(45)46)30(38)31(27(25)17-7-3-1-4-8-17)21-13-11-19(33(39)40)15-23(21)35(43)44/h1-16H. The third kappa shape index (κ3) is 4.49. The van der Waals surface area contributed by atoms with Crippen LogP contribution in [0.2, 0.25) is 0 Å². The maximum Gasteiger partial charge on any atom is 0.300 e. The second kappa shape index (κ2) is 10.9. The molecule has 2 aliphatic rings. The van der Waals surface area contributed by atoms with Crippen LogP contribution in [-0.2, 0) is 9.59 Å². The first-order chi connectivity index (χ1) is 22.0. The molecule has 4 aromatic carbocycles. The molecule has 2 heterocycles. The van der Waals surface area contributed by atoms with Crippen LogP contribution in [0.1, 0.15) is 11.1 Å². The number of benzene rings is 4. The van der Waals surface area contributed by atoms with Crippen molar-refractivity contribution in [1.29, 1.82) is 0 Å². The monoisotopic (exact) mass is 620 g/mol. The van der Waals surface area contributed by atoms with Crippen LogP contribution in [0.15, 0.2) is 108 Å². The number of fused-ring (bicyclic) bond motifs is 1. The Morgan fingerprint density at radius 2 is 0.804 bits per heavy atom. The number of hydrogen-bond acceptors (Lipinski definition) is 10. The van der Waals surface area contributed by atoms with Crippen molar-refractivity contribution in [2.24, 2.45) is 0 Å². The Morgan fingerprint density at radius 1 is 0.457 bits per heavy atom. The van der Waals surface area contributed by atoms with Crippen molar-refractivity contribution >= 4 is 57.3 Å². The third-order valence-electron chi connectivity index (χ3n) is 7.31. The van der Waals surface area contributed by atoms with Gasteiger partial charge in [-0.15, -0.1) is 0 Å². The largest absolute Gasteiger partial charge is 0.300 e. The highest BCUT2D eigenvalue weighted by Crippen LogP contribution is 2.52. The molecule has 2 amide bonds. The van der Waals surface area contributed by atoms with E-state index in [1.165, 1.54) is 24.3 Å². The zero-order valence-electron chi connectivity index (χ0n) is 23.0. The molecule has 4 aromatic rings. The molecule has 0 aliphatic carbocycles. The van der Waals surface area contributed by atoms with Crippen molar-refractivity contribution in [3.8, 4) is 0 Å². The van der Waals surface area contributed by atoms with E-state index in [-0.39, 0.29) is 45.0 Å². The summed E-state index contributed by atoms with van der Waals surface area (Å²) in [6.45, 7) is 0. The molecular weight excluding hydrogens is 604 g/mol. The van der Waals surface area contributed by atoms with Crippen molar-refractivity contribution in [2.75, 3.05) is 9.80 Å². The summed E-state index contributed by atoms with van der Waals surface area (Å²) in [4.78, 5) is 74.5. The molecule has 0 bridgehead atoms. The molecule has 0 unspecified atom stereocenters. The zero-order chi connectivity index (χ0) is 32.9. The Hall–Kier alpha value is -7.10. The maximum absolute atomic E-state index is 14.5. The summed E-state index contributed by atoms with van der Waals surface area (Å²) < 4.78 is 0. The van der Waals surface area contributed by atoms with E-state index in [2.05, 4.69) is 0 Å². The fraction of sp³-hybridized carbons (Fsp3) is 0. The fourth-order valence-corrected chi connectivity index (χ4v) is 5.42. The number of rotatable bonds is 8. The number of carbonyl (C=O) groups excluding carboxylic acids is 2. The van der Waals surface area contributed by atoms with Crippen LogP contribution >= 0.6 is 0 Å². The molecule has 6 rings (SSSR count). The van der Waals surface area contributed by atoms with Gasteiger partial charge in [0.05, 0.1) is 54.4 Å². The molecule has 0 N–H and O–H groups in total. The Morgan fingerprint density at radius 3 is 1.11 bits per heavy atom. The molecule has 0 saturated carbocycles. The molecule has 0 saturated heterocycles. The highest BCUT2D eigenvalue weighted by Gasteiger charge is 2.52. The van der Waals surface area contributed by atoms with Crippen LogP contribution < -0.4 is 9.80 Å². The number of non-ortho nitro benzene ring substituents is 2. The van der Waals surface area contributed by atoms with E-state index in [0.29, 0.717) is 12.1 Å². The van der Waals surface area contributed by atoms with Crippen LogP contribution in [0.4, 0.5) is 34.1 Å². The van der Waals surface area contributed by atoms with Crippen LogP contribution in [-0.4, -0.2) is 31.5 Å². The van der Waals surface area contributed by atoms with Gasteiger partial charge in [-0.1, -0.05) is 60.7 Å². The van der Waals surface area contributed by atoms with E-state index < -0.39 is 54.3 Å². The number of nitro groups is 4. The topological polar surface area (TPSA) is 213 Å². The van der Waals surface area contributed by atoms with Gasteiger partial charge in [0.15, 0.2) is 0 Å². The normalized spacial score (nSPS) is 14.2. The second-order valence-corrected chi connectivity index (χ2v) is 9.83. The first-order valence-electron chi connectivity index (χ1n) is 13.2. The molecule has 0 fully saturated rings. The Kier molecular flexibility index (Phi) is 6.85. The molecule has 0 spiro atoms. The fourth-order valence-electron chi connectivity index (χ4n) is 5.42. The minimum Gasteiger partial charge on any atom is -0.269 e. The Bertz CT molecular complexity index is 1960. The molecule has 226 valence electrons.